The summed E-state index contributed by atoms with van der Waals surface area (Å²) >= 11 is 0. The Bertz CT molecular complexity index is 493. The minimum absolute atomic E-state index is 0.0733. The van der Waals surface area contributed by atoms with Crippen LogP contribution in [0.25, 0.3) is 0 Å². The van der Waals surface area contributed by atoms with Crippen LogP contribution in [0.15, 0.2) is 24.3 Å². The van der Waals surface area contributed by atoms with Crippen LogP contribution >= 0.6 is 0 Å². The number of hydrogen-bond donors (Lipinski definition) is 0. The third kappa shape index (κ3) is 3.95. The lowest BCUT2D eigenvalue weighted by Gasteiger charge is -2.33. The molecule has 1 fully saturated rings. The smallest absolute Gasteiger partial charge is 0.409 e. The van der Waals surface area contributed by atoms with Crippen LogP contribution in [-0.2, 0) is 4.74 Å². The topological polar surface area (TPSA) is 59.1 Å². The van der Waals surface area contributed by atoms with E-state index in [9.17, 15) is 9.59 Å². The third-order valence-electron chi connectivity index (χ3n) is 3.58. The predicted molar refractivity (Wildman–Crippen MR) is 77.7 cm³/mol. The fraction of sp³-hybridized carbons (Fsp3) is 0.467. The molecule has 1 aliphatic heterocycles. The number of hydrogen-bond acceptors (Lipinski definition) is 5. The molecule has 1 aromatic carbocycles. The molecule has 1 heterocycles. The molecule has 0 spiro atoms. The molecular formula is C15H20N2O4. The summed E-state index contributed by atoms with van der Waals surface area (Å²) in [6.07, 6.45) is -0.309. The predicted octanol–water partition coefficient (Wildman–Crippen LogP) is 1.26. The van der Waals surface area contributed by atoms with Gasteiger partial charge in [-0.25, -0.2) is 4.79 Å². The van der Waals surface area contributed by atoms with Crippen LogP contribution in [0.1, 0.15) is 10.4 Å². The minimum Gasteiger partial charge on any atom is -0.497 e. The van der Waals surface area contributed by atoms with Crippen molar-refractivity contribution in [2.24, 2.45) is 0 Å². The maximum Gasteiger partial charge on any atom is 0.409 e. The van der Waals surface area contributed by atoms with E-state index in [1.807, 2.05) is 4.90 Å². The lowest BCUT2D eigenvalue weighted by Crippen LogP contribution is -2.49. The number of ether oxygens (including phenoxy) is 2. The largest absolute Gasteiger partial charge is 0.497 e. The molecule has 0 saturated carbocycles. The van der Waals surface area contributed by atoms with Gasteiger partial charge in [-0.1, -0.05) is 0 Å². The van der Waals surface area contributed by atoms with E-state index in [0.717, 1.165) is 5.75 Å². The van der Waals surface area contributed by atoms with Crippen molar-refractivity contribution in [1.29, 1.82) is 0 Å². The second-order valence-corrected chi connectivity index (χ2v) is 4.88. The van der Waals surface area contributed by atoms with E-state index < -0.39 is 0 Å². The first-order chi connectivity index (χ1) is 10.1. The molecule has 1 saturated heterocycles. The molecule has 0 atom stereocenters. The molecule has 0 unspecified atom stereocenters. The van der Waals surface area contributed by atoms with Gasteiger partial charge in [0.1, 0.15) is 5.75 Å². The molecule has 6 nitrogen and oxygen atoms in total. The number of Topliss-reactive ketones (excluding diaryl/α,β-unsaturated/α-hetero) is 1. The van der Waals surface area contributed by atoms with Gasteiger partial charge in [-0.15, -0.1) is 0 Å². The van der Waals surface area contributed by atoms with Crippen LogP contribution < -0.4 is 4.74 Å². The molecule has 1 amide bonds. The monoisotopic (exact) mass is 292 g/mol. The Balaban J connectivity index is 1.85. The van der Waals surface area contributed by atoms with Gasteiger partial charge < -0.3 is 14.4 Å². The zero-order valence-corrected chi connectivity index (χ0v) is 12.4. The average Bonchev–Trinajstić information content (AvgIpc) is 2.55. The molecule has 1 aliphatic rings. The number of rotatable bonds is 4. The maximum absolute atomic E-state index is 12.2. The zero-order valence-electron chi connectivity index (χ0n) is 12.4. The summed E-state index contributed by atoms with van der Waals surface area (Å²) in [5.74, 6) is 0.808. The first-order valence-electron chi connectivity index (χ1n) is 6.86. The first-order valence-corrected chi connectivity index (χ1v) is 6.86. The summed E-state index contributed by atoms with van der Waals surface area (Å²) in [7, 11) is 2.97. The normalized spacial score (nSPS) is 15.6. The Morgan fingerprint density at radius 1 is 1.05 bits per heavy atom. The summed E-state index contributed by atoms with van der Waals surface area (Å²) in [6.45, 7) is 2.89. The van der Waals surface area contributed by atoms with Gasteiger partial charge in [-0.3, -0.25) is 9.69 Å². The zero-order chi connectivity index (χ0) is 15.2. The van der Waals surface area contributed by atoms with Crippen LogP contribution in [0.3, 0.4) is 0 Å². The molecule has 1 aromatic rings. The number of ketones is 1. The highest BCUT2D eigenvalue weighted by Gasteiger charge is 2.22. The fourth-order valence-electron chi connectivity index (χ4n) is 2.29. The Hall–Kier alpha value is -2.08. The van der Waals surface area contributed by atoms with Crippen molar-refractivity contribution in [3.05, 3.63) is 29.8 Å². The number of methoxy groups -OCH3 is 2. The molecule has 0 aromatic heterocycles. The van der Waals surface area contributed by atoms with Crippen LogP contribution in [0.5, 0.6) is 5.75 Å². The van der Waals surface area contributed by atoms with E-state index in [1.54, 1.807) is 36.3 Å². The van der Waals surface area contributed by atoms with Gasteiger partial charge in [0.15, 0.2) is 5.78 Å². The van der Waals surface area contributed by atoms with Crippen molar-refractivity contribution < 1.29 is 19.1 Å². The standard InChI is InChI=1S/C15H20N2O4/c1-20-13-5-3-12(4-6-13)14(18)11-16-7-9-17(10-8-16)15(19)21-2/h3-6H,7-11H2,1-2H3. The maximum atomic E-state index is 12.2. The quantitative estimate of drug-likeness (QED) is 0.782. The number of piperazine rings is 1. The third-order valence-corrected chi connectivity index (χ3v) is 3.58. The van der Waals surface area contributed by atoms with Crippen LogP contribution in [0, 0.1) is 0 Å². The number of amides is 1. The summed E-state index contributed by atoms with van der Waals surface area (Å²) in [5, 5.41) is 0. The second-order valence-electron chi connectivity index (χ2n) is 4.88. The van der Waals surface area contributed by atoms with Gasteiger partial charge in [-0.05, 0) is 24.3 Å². The van der Waals surface area contributed by atoms with Crippen LogP contribution in [-0.4, -0.2) is 68.6 Å². The van der Waals surface area contributed by atoms with Gasteiger partial charge in [0.2, 0.25) is 0 Å². The Labute approximate surface area is 124 Å². The summed E-state index contributed by atoms with van der Waals surface area (Å²) < 4.78 is 9.76. The Morgan fingerprint density at radius 3 is 2.19 bits per heavy atom. The van der Waals surface area contributed by atoms with Gasteiger partial charge in [0, 0.05) is 31.7 Å². The molecular weight excluding hydrogens is 272 g/mol. The van der Waals surface area contributed by atoms with Crippen LogP contribution in [0.4, 0.5) is 4.79 Å². The van der Waals surface area contributed by atoms with Gasteiger partial charge in [-0.2, -0.15) is 0 Å². The second kappa shape index (κ2) is 7.08. The minimum atomic E-state index is -0.309. The fourth-order valence-corrected chi connectivity index (χ4v) is 2.29. The highest BCUT2D eigenvalue weighted by Crippen LogP contribution is 2.12. The van der Waals surface area contributed by atoms with E-state index in [2.05, 4.69) is 4.74 Å². The van der Waals surface area contributed by atoms with E-state index in [1.165, 1.54) is 7.11 Å². The average molecular weight is 292 g/mol. The molecule has 0 aliphatic carbocycles. The molecule has 2 rings (SSSR count). The first kappa shape index (κ1) is 15.3. The van der Waals surface area contributed by atoms with Crippen molar-refractivity contribution in [1.82, 2.24) is 9.80 Å². The number of nitrogens with zero attached hydrogens (tertiary/aromatic N) is 2. The van der Waals surface area contributed by atoms with Crippen molar-refractivity contribution in [2.75, 3.05) is 46.9 Å². The highest BCUT2D eigenvalue weighted by atomic mass is 16.5. The van der Waals surface area contributed by atoms with E-state index in [-0.39, 0.29) is 11.9 Å². The molecule has 0 radical (unpaired) electrons. The molecule has 21 heavy (non-hydrogen) atoms. The van der Waals surface area contributed by atoms with Crippen molar-refractivity contribution in [3.8, 4) is 5.75 Å². The van der Waals surface area contributed by atoms with E-state index >= 15 is 0 Å². The van der Waals surface area contributed by atoms with Crippen molar-refractivity contribution >= 4 is 11.9 Å². The number of benzene rings is 1. The SMILES string of the molecule is COC(=O)N1CCN(CC(=O)c2ccc(OC)cc2)CC1. The summed E-state index contributed by atoms with van der Waals surface area (Å²) in [5.41, 5.74) is 0.672. The lowest BCUT2D eigenvalue weighted by atomic mass is 10.1. The summed E-state index contributed by atoms with van der Waals surface area (Å²) in [6, 6.07) is 7.10. The molecule has 114 valence electrons. The highest BCUT2D eigenvalue weighted by molar-refractivity contribution is 5.97. The number of carbonyl (C=O) groups is 2. The van der Waals surface area contributed by atoms with E-state index in [4.69, 9.17) is 4.74 Å². The van der Waals surface area contributed by atoms with E-state index in [0.29, 0.717) is 38.3 Å². The lowest BCUT2D eigenvalue weighted by molar-refractivity contribution is 0.0790. The Morgan fingerprint density at radius 2 is 1.67 bits per heavy atom. The van der Waals surface area contributed by atoms with Gasteiger partial charge in [0.25, 0.3) is 0 Å². The Kier molecular flexibility index (Phi) is 5.16. The molecule has 0 N–H and O–H groups in total. The van der Waals surface area contributed by atoms with Crippen molar-refractivity contribution in [3.63, 3.8) is 0 Å². The van der Waals surface area contributed by atoms with Crippen molar-refractivity contribution in [2.45, 2.75) is 0 Å². The summed E-state index contributed by atoms with van der Waals surface area (Å²) in [4.78, 5) is 27.3. The molecule has 6 heteroatoms. The van der Waals surface area contributed by atoms with Gasteiger partial charge in [0.05, 0.1) is 20.8 Å². The molecule has 0 bridgehead atoms. The van der Waals surface area contributed by atoms with Crippen LogP contribution in [0.2, 0.25) is 0 Å². The number of carbonyl (C=O) groups excluding carboxylic acids is 2. The van der Waals surface area contributed by atoms with Gasteiger partial charge >= 0.3 is 6.09 Å².